The van der Waals surface area contributed by atoms with Gasteiger partial charge in [0.25, 0.3) is 0 Å². The van der Waals surface area contributed by atoms with Gasteiger partial charge in [0.15, 0.2) is 0 Å². The Hall–Kier alpha value is -1.66. The molecular formula is C8H13N5O2. The van der Waals surface area contributed by atoms with Crippen LogP contribution in [0.15, 0.2) is 0 Å². The maximum absolute atomic E-state index is 11.6. The van der Waals surface area contributed by atoms with E-state index < -0.39 is 0 Å². The molecule has 1 N–H and O–H groups in total. The van der Waals surface area contributed by atoms with E-state index in [1.54, 1.807) is 11.6 Å². The number of anilines is 1. The van der Waals surface area contributed by atoms with Gasteiger partial charge in [-0.1, -0.05) is 5.10 Å². The maximum Gasteiger partial charge on any atom is 0.312 e. The fraction of sp³-hybridized carbons (Fsp3) is 0.750. The smallest absolute Gasteiger partial charge is 0.312 e. The average molecular weight is 211 g/mol. The quantitative estimate of drug-likeness (QED) is 0.684. The highest BCUT2D eigenvalue weighted by molar-refractivity contribution is 5.74. The minimum absolute atomic E-state index is 0.0738. The van der Waals surface area contributed by atoms with Crippen molar-refractivity contribution in [2.24, 2.45) is 5.92 Å². The van der Waals surface area contributed by atoms with Crippen LogP contribution >= 0.6 is 0 Å². The highest BCUT2D eigenvalue weighted by atomic mass is 16.5. The van der Waals surface area contributed by atoms with Gasteiger partial charge in [-0.05, 0) is 24.3 Å². The van der Waals surface area contributed by atoms with Crippen molar-refractivity contribution >= 4 is 11.9 Å². The van der Waals surface area contributed by atoms with Crippen LogP contribution in [0.3, 0.4) is 0 Å². The van der Waals surface area contributed by atoms with Crippen LogP contribution in [0.2, 0.25) is 0 Å². The lowest BCUT2D eigenvalue weighted by Gasteiger charge is -2.27. The van der Waals surface area contributed by atoms with E-state index in [-0.39, 0.29) is 17.9 Å². The highest BCUT2D eigenvalue weighted by Crippen LogP contribution is 2.25. The number of ether oxygens (including phenoxy) is 1. The lowest BCUT2D eigenvalue weighted by Crippen LogP contribution is -2.37. The monoisotopic (exact) mass is 211 g/mol. The van der Waals surface area contributed by atoms with E-state index in [9.17, 15) is 4.79 Å². The number of carbonyl (C=O) groups is 1. The van der Waals surface area contributed by atoms with E-state index >= 15 is 0 Å². The largest absolute Gasteiger partial charge is 0.466 e. The Kier molecular flexibility index (Phi) is 2.53. The molecule has 0 aromatic carbocycles. The second-order valence-electron chi connectivity index (χ2n) is 3.43. The first-order valence-corrected chi connectivity index (χ1v) is 4.92. The molecule has 2 unspecified atom stereocenters. The summed E-state index contributed by atoms with van der Waals surface area (Å²) in [7, 11) is 0. The number of aromatic nitrogens is 4. The van der Waals surface area contributed by atoms with Gasteiger partial charge in [-0.3, -0.25) is 4.79 Å². The summed E-state index contributed by atoms with van der Waals surface area (Å²) in [4.78, 5) is 11.6. The fourth-order valence-corrected chi connectivity index (χ4v) is 1.66. The standard InChI is InChI=1S/C8H13N5O2/c1-3-15-7(14)6-4-9-8-10-11-12-13(8)5(6)2/h5-6H,3-4H2,1-2H3,(H,9,10,12). The molecule has 7 nitrogen and oxygen atoms in total. The highest BCUT2D eigenvalue weighted by Gasteiger charge is 2.33. The fourth-order valence-electron chi connectivity index (χ4n) is 1.66. The molecule has 0 aliphatic carbocycles. The van der Waals surface area contributed by atoms with Crippen molar-refractivity contribution in [3.8, 4) is 0 Å². The van der Waals surface area contributed by atoms with Crippen molar-refractivity contribution in [3.63, 3.8) is 0 Å². The molecule has 0 spiro atoms. The molecule has 1 aromatic heterocycles. The molecule has 2 rings (SSSR count). The van der Waals surface area contributed by atoms with Crippen LogP contribution in [-0.4, -0.2) is 39.3 Å². The van der Waals surface area contributed by atoms with Crippen molar-refractivity contribution in [3.05, 3.63) is 0 Å². The first-order valence-electron chi connectivity index (χ1n) is 4.92. The number of hydrogen-bond donors (Lipinski definition) is 1. The van der Waals surface area contributed by atoms with Gasteiger partial charge in [0.05, 0.1) is 18.6 Å². The number of tetrazole rings is 1. The average Bonchev–Trinajstić information content (AvgIpc) is 2.67. The summed E-state index contributed by atoms with van der Waals surface area (Å²) in [5.74, 6) is 0.155. The number of nitrogens with one attached hydrogen (secondary N) is 1. The lowest BCUT2D eigenvalue weighted by atomic mass is 10.0. The second kappa shape index (κ2) is 3.84. The summed E-state index contributed by atoms with van der Waals surface area (Å²) in [6.07, 6.45) is 0. The Morgan fingerprint density at radius 2 is 2.53 bits per heavy atom. The van der Waals surface area contributed by atoms with E-state index in [1.807, 2.05) is 6.92 Å². The van der Waals surface area contributed by atoms with Crippen LogP contribution < -0.4 is 5.32 Å². The summed E-state index contributed by atoms with van der Waals surface area (Å²) in [5.41, 5.74) is 0. The van der Waals surface area contributed by atoms with Crippen molar-refractivity contribution in [2.45, 2.75) is 19.9 Å². The summed E-state index contributed by atoms with van der Waals surface area (Å²) in [5, 5.41) is 14.1. The summed E-state index contributed by atoms with van der Waals surface area (Å²) in [6.45, 7) is 4.61. The van der Waals surface area contributed by atoms with Gasteiger partial charge >= 0.3 is 5.97 Å². The van der Waals surface area contributed by atoms with Crippen LogP contribution in [0, 0.1) is 5.92 Å². The molecule has 1 aliphatic heterocycles. The predicted octanol–water partition coefficient (Wildman–Crippen LogP) is -0.161. The third-order valence-electron chi connectivity index (χ3n) is 2.53. The van der Waals surface area contributed by atoms with Gasteiger partial charge in [-0.25, -0.2) is 4.68 Å². The Morgan fingerprint density at radius 1 is 1.73 bits per heavy atom. The van der Waals surface area contributed by atoms with E-state index in [1.165, 1.54) is 0 Å². The van der Waals surface area contributed by atoms with Gasteiger partial charge in [-0.15, -0.1) is 0 Å². The van der Waals surface area contributed by atoms with Gasteiger partial charge < -0.3 is 10.1 Å². The third-order valence-corrected chi connectivity index (χ3v) is 2.53. The molecule has 0 saturated carbocycles. The van der Waals surface area contributed by atoms with Crippen LogP contribution in [0.4, 0.5) is 5.95 Å². The zero-order valence-corrected chi connectivity index (χ0v) is 8.67. The zero-order valence-electron chi connectivity index (χ0n) is 8.67. The predicted molar refractivity (Wildman–Crippen MR) is 51.1 cm³/mol. The molecule has 82 valence electrons. The maximum atomic E-state index is 11.6. The number of esters is 1. The van der Waals surface area contributed by atoms with Crippen molar-refractivity contribution in [2.75, 3.05) is 18.5 Å². The second-order valence-corrected chi connectivity index (χ2v) is 3.43. The topological polar surface area (TPSA) is 81.9 Å². The molecule has 0 radical (unpaired) electrons. The van der Waals surface area contributed by atoms with Crippen molar-refractivity contribution in [1.29, 1.82) is 0 Å². The molecule has 0 fully saturated rings. The van der Waals surface area contributed by atoms with Crippen LogP contribution in [-0.2, 0) is 9.53 Å². The summed E-state index contributed by atoms with van der Waals surface area (Å²) >= 11 is 0. The zero-order chi connectivity index (χ0) is 10.8. The molecule has 7 heteroatoms. The number of hydrogen-bond acceptors (Lipinski definition) is 6. The molecule has 1 aliphatic rings. The van der Waals surface area contributed by atoms with Gasteiger partial charge in [0.1, 0.15) is 0 Å². The van der Waals surface area contributed by atoms with E-state index in [2.05, 4.69) is 20.8 Å². The SMILES string of the molecule is CCOC(=O)C1CNc2nnnn2C1C. The summed E-state index contributed by atoms with van der Waals surface area (Å²) in [6, 6.07) is -0.0738. The minimum Gasteiger partial charge on any atom is -0.466 e. The first kappa shape index (κ1) is 9.88. The molecule has 2 atom stereocenters. The third kappa shape index (κ3) is 1.64. The Bertz CT molecular complexity index is 364. The summed E-state index contributed by atoms with van der Waals surface area (Å²) < 4.78 is 6.58. The van der Waals surface area contributed by atoms with E-state index in [4.69, 9.17) is 4.74 Å². The van der Waals surface area contributed by atoms with Crippen LogP contribution in [0.5, 0.6) is 0 Å². The van der Waals surface area contributed by atoms with Crippen LogP contribution in [0.1, 0.15) is 19.9 Å². The molecule has 0 saturated heterocycles. The molecular weight excluding hydrogens is 198 g/mol. The Balaban J connectivity index is 2.16. The molecule has 0 bridgehead atoms. The molecule has 0 amide bonds. The minimum atomic E-state index is -0.235. The lowest BCUT2D eigenvalue weighted by molar-refractivity contribution is -0.149. The first-order chi connectivity index (χ1) is 7.24. The number of carbonyl (C=O) groups excluding carboxylic acids is 1. The van der Waals surface area contributed by atoms with E-state index in [0.29, 0.717) is 19.1 Å². The van der Waals surface area contributed by atoms with Gasteiger partial charge in [0, 0.05) is 6.54 Å². The van der Waals surface area contributed by atoms with E-state index in [0.717, 1.165) is 0 Å². The van der Waals surface area contributed by atoms with Gasteiger partial charge in [-0.2, -0.15) is 0 Å². The van der Waals surface area contributed by atoms with Crippen LogP contribution in [0.25, 0.3) is 0 Å². The molecule has 15 heavy (non-hydrogen) atoms. The number of fused-ring (bicyclic) bond motifs is 1. The number of nitrogens with zero attached hydrogens (tertiary/aromatic N) is 4. The molecule has 1 aromatic rings. The van der Waals surface area contributed by atoms with Gasteiger partial charge in [0.2, 0.25) is 5.95 Å². The molecule has 2 heterocycles. The Morgan fingerprint density at radius 3 is 3.27 bits per heavy atom. The normalized spacial score (nSPS) is 24.1. The number of rotatable bonds is 2. The van der Waals surface area contributed by atoms with Crippen molar-refractivity contribution in [1.82, 2.24) is 20.2 Å². The Labute approximate surface area is 86.8 Å². The van der Waals surface area contributed by atoms with Crippen molar-refractivity contribution < 1.29 is 9.53 Å².